The second-order valence-corrected chi connectivity index (χ2v) is 8.01. The molecule has 0 saturated heterocycles. The highest BCUT2D eigenvalue weighted by atomic mass is 32.2. The Morgan fingerprint density at radius 3 is 2.22 bits per heavy atom. The summed E-state index contributed by atoms with van der Waals surface area (Å²) >= 11 is 0. The molecule has 0 bridgehead atoms. The highest BCUT2D eigenvalue weighted by molar-refractivity contribution is 7.92. The Hall–Kier alpha value is -2.86. The second-order valence-electron chi connectivity index (χ2n) is 6.15. The third-order valence-electron chi connectivity index (χ3n) is 4.18. The minimum atomic E-state index is -3.83. The Morgan fingerprint density at radius 2 is 1.63 bits per heavy atom. The lowest BCUT2D eigenvalue weighted by Crippen LogP contribution is -2.30. The van der Waals surface area contributed by atoms with Gasteiger partial charge in [0.25, 0.3) is 10.0 Å². The quantitative estimate of drug-likeness (QED) is 0.626. The van der Waals surface area contributed by atoms with Crippen molar-refractivity contribution in [2.24, 2.45) is 0 Å². The van der Waals surface area contributed by atoms with Gasteiger partial charge in [-0.3, -0.25) is 4.31 Å². The SMILES string of the molecule is COc1ccc(N(Cc2cccc(F)c2)S(=O)(=O)c2ccc(C)cc2)cc1. The molecule has 0 unspecified atom stereocenters. The molecule has 3 rings (SSSR count). The summed E-state index contributed by atoms with van der Waals surface area (Å²) in [6.07, 6.45) is 0. The Balaban J connectivity index is 2.06. The maximum Gasteiger partial charge on any atom is 0.264 e. The zero-order valence-corrected chi connectivity index (χ0v) is 15.9. The lowest BCUT2D eigenvalue weighted by Gasteiger charge is -2.25. The summed E-state index contributed by atoms with van der Waals surface area (Å²) in [6, 6.07) is 19.3. The van der Waals surface area contributed by atoms with E-state index < -0.39 is 15.8 Å². The topological polar surface area (TPSA) is 46.6 Å². The lowest BCUT2D eigenvalue weighted by atomic mass is 10.2. The highest BCUT2D eigenvalue weighted by Crippen LogP contribution is 2.28. The molecule has 140 valence electrons. The van der Waals surface area contributed by atoms with Crippen LogP contribution in [0.5, 0.6) is 5.75 Å². The molecule has 0 saturated carbocycles. The maximum absolute atomic E-state index is 13.6. The fourth-order valence-corrected chi connectivity index (χ4v) is 4.15. The van der Waals surface area contributed by atoms with Crippen LogP contribution in [0.3, 0.4) is 0 Å². The zero-order chi connectivity index (χ0) is 19.4. The monoisotopic (exact) mass is 385 g/mol. The van der Waals surface area contributed by atoms with E-state index in [1.54, 1.807) is 67.8 Å². The molecule has 0 aliphatic carbocycles. The van der Waals surface area contributed by atoms with Crippen LogP contribution in [0.15, 0.2) is 77.7 Å². The van der Waals surface area contributed by atoms with Gasteiger partial charge < -0.3 is 4.74 Å². The number of rotatable bonds is 6. The predicted molar refractivity (Wildman–Crippen MR) is 104 cm³/mol. The highest BCUT2D eigenvalue weighted by Gasteiger charge is 2.25. The van der Waals surface area contributed by atoms with Crippen LogP contribution in [0.4, 0.5) is 10.1 Å². The van der Waals surface area contributed by atoms with Crippen LogP contribution >= 0.6 is 0 Å². The first kappa shape index (κ1) is 18.9. The molecular weight excluding hydrogens is 365 g/mol. The summed E-state index contributed by atoms with van der Waals surface area (Å²) in [5, 5.41) is 0. The first-order valence-electron chi connectivity index (χ1n) is 8.38. The van der Waals surface area contributed by atoms with E-state index >= 15 is 0 Å². The number of hydrogen-bond acceptors (Lipinski definition) is 3. The number of ether oxygens (including phenoxy) is 1. The van der Waals surface area contributed by atoms with Gasteiger partial charge in [0.15, 0.2) is 0 Å². The van der Waals surface area contributed by atoms with Crippen molar-refractivity contribution >= 4 is 15.7 Å². The van der Waals surface area contributed by atoms with Crippen molar-refractivity contribution in [2.45, 2.75) is 18.4 Å². The Morgan fingerprint density at radius 1 is 0.963 bits per heavy atom. The number of benzene rings is 3. The van der Waals surface area contributed by atoms with E-state index in [1.807, 2.05) is 6.92 Å². The number of aryl methyl sites for hydroxylation is 1. The van der Waals surface area contributed by atoms with E-state index in [4.69, 9.17) is 4.74 Å². The molecule has 0 radical (unpaired) electrons. The molecule has 4 nitrogen and oxygen atoms in total. The summed E-state index contributed by atoms with van der Waals surface area (Å²) in [5.74, 6) is 0.215. The molecule has 0 aromatic heterocycles. The molecule has 6 heteroatoms. The molecule has 0 aliphatic heterocycles. The fraction of sp³-hybridized carbons (Fsp3) is 0.143. The van der Waals surface area contributed by atoms with Crippen molar-refractivity contribution in [3.8, 4) is 5.75 Å². The average molecular weight is 385 g/mol. The predicted octanol–water partition coefficient (Wildman–Crippen LogP) is 4.54. The van der Waals surface area contributed by atoms with Crippen LogP contribution < -0.4 is 9.04 Å². The molecule has 0 heterocycles. The molecule has 0 aliphatic rings. The van der Waals surface area contributed by atoms with Gasteiger partial charge in [-0.2, -0.15) is 0 Å². The van der Waals surface area contributed by atoms with Gasteiger partial charge in [0.05, 0.1) is 24.2 Å². The molecule has 0 atom stereocenters. The molecule has 3 aromatic rings. The van der Waals surface area contributed by atoms with Crippen molar-refractivity contribution in [3.05, 3.63) is 89.7 Å². The lowest BCUT2D eigenvalue weighted by molar-refractivity contribution is 0.415. The van der Waals surface area contributed by atoms with E-state index in [9.17, 15) is 12.8 Å². The standard InChI is InChI=1S/C21H20FNO3S/c1-16-6-12-21(13-7-16)27(24,25)23(15-17-4-3-5-18(22)14-17)19-8-10-20(26-2)11-9-19/h3-14H,15H2,1-2H3. The van der Waals surface area contributed by atoms with E-state index in [-0.39, 0.29) is 11.4 Å². The van der Waals surface area contributed by atoms with Crippen LogP contribution in [0.25, 0.3) is 0 Å². The summed E-state index contributed by atoms with van der Waals surface area (Å²) < 4.78 is 46.6. The Kier molecular flexibility index (Phi) is 5.46. The van der Waals surface area contributed by atoms with Gasteiger partial charge in [-0.05, 0) is 61.0 Å². The largest absolute Gasteiger partial charge is 0.497 e. The van der Waals surface area contributed by atoms with Crippen molar-refractivity contribution < 1.29 is 17.5 Å². The van der Waals surface area contributed by atoms with E-state index in [0.29, 0.717) is 17.0 Å². The first-order chi connectivity index (χ1) is 12.9. The minimum Gasteiger partial charge on any atom is -0.497 e. The van der Waals surface area contributed by atoms with Crippen LogP contribution in [0.2, 0.25) is 0 Å². The van der Waals surface area contributed by atoms with Crippen molar-refractivity contribution in [2.75, 3.05) is 11.4 Å². The molecule has 0 N–H and O–H groups in total. The molecule has 0 spiro atoms. The van der Waals surface area contributed by atoms with E-state index in [1.165, 1.54) is 16.4 Å². The summed E-state index contributed by atoms with van der Waals surface area (Å²) in [6.45, 7) is 1.91. The summed E-state index contributed by atoms with van der Waals surface area (Å²) in [5.41, 5.74) is 2.00. The van der Waals surface area contributed by atoms with Crippen LogP contribution in [0, 0.1) is 12.7 Å². The smallest absolute Gasteiger partial charge is 0.264 e. The minimum absolute atomic E-state index is 0.0142. The van der Waals surface area contributed by atoms with Crippen molar-refractivity contribution in [1.82, 2.24) is 0 Å². The van der Waals surface area contributed by atoms with Crippen LogP contribution in [0.1, 0.15) is 11.1 Å². The number of halogens is 1. The third-order valence-corrected chi connectivity index (χ3v) is 5.97. The van der Waals surface area contributed by atoms with Gasteiger partial charge in [0.2, 0.25) is 0 Å². The summed E-state index contributed by atoms with van der Waals surface area (Å²) in [7, 11) is -2.29. The molecule has 27 heavy (non-hydrogen) atoms. The third kappa shape index (κ3) is 4.28. The fourth-order valence-electron chi connectivity index (χ4n) is 2.70. The van der Waals surface area contributed by atoms with Gasteiger partial charge in [0, 0.05) is 0 Å². The maximum atomic E-state index is 13.6. The van der Waals surface area contributed by atoms with Crippen molar-refractivity contribution in [1.29, 1.82) is 0 Å². The number of sulfonamides is 1. The Labute approximate surface area is 158 Å². The number of nitrogens with zero attached hydrogens (tertiary/aromatic N) is 1. The Bertz CT molecular complexity index is 1020. The number of methoxy groups -OCH3 is 1. The molecular formula is C21H20FNO3S. The second kappa shape index (κ2) is 7.80. The molecule has 0 fully saturated rings. The van der Waals surface area contributed by atoms with Crippen LogP contribution in [-0.4, -0.2) is 15.5 Å². The summed E-state index contributed by atoms with van der Waals surface area (Å²) in [4.78, 5) is 0.181. The van der Waals surface area contributed by atoms with Gasteiger partial charge in [0.1, 0.15) is 11.6 Å². The van der Waals surface area contributed by atoms with Crippen molar-refractivity contribution in [3.63, 3.8) is 0 Å². The van der Waals surface area contributed by atoms with Gasteiger partial charge in [-0.15, -0.1) is 0 Å². The van der Waals surface area contributed by atoms with Gasteiger partial charge in [-0.1, -0.05) is 29.8 Å². The van der Waals surface area contributed by atoms with Gasteiger partial charge >= 0.3 is 0 Å². The molecule has 0 amide bonds. The normalized spacial score (nSPS) is 11.2. The van der Waals surface area contributed by atoms with E-state index in [2.05, 4.69) is 0 Å². The van der Waals surface area contributed by atoms with Crippen LogP contribution in [-0.2, 0) is 16.6 Å². The van der Waals surface area contributed by atoms with E-state index in [0.717, 1.165) is 5.56 Å². The molecule has 3 aromatic carbocycles. The average Bonchev–Trinajstić information content (AvgIpc) is 2.66. The number of anilines is 1. The number of hydrogen-bond donors (Lipinski definition) is 0. The zero-order valence-electron chi connectivity index (χ0n) is 15.1. The first-order valence-corrected chi connectivity index (χ1v) is 9.82. The van der Waals surface area contributed by atoms with Gasteiger partial charge in [-0.25, -0.2) is 12.8 Å².